The minimum absolute atomic E-state index is 0.118. The molecule has 18 heavy (non-hydrogen) atoms. The molecular formula is C13H23N3O2. The zero-order valence-electron chi connectivity index (χ0n) is 11.4. The van der Waals surface area contributed by atoms with Gasteiger partial charge in [0, 0.05) is 24.7 Å². The van der Waals surface area contributed by atoms with Gasteiger partial charge in [-0.05, 0) is 27.0 Å². The van der Waals surface area contributed by atoms with Gasteiger partial charge in [0.1, 0.15) is 0 Å². The molecule has 1 aromatic rings. The largest absolute Gasteiger partial charge is 0.376 e. The first-order chi connectivity index (χ1) is 8.70. The van der Waals surface area contributed by atoms with E-state index in [1.807, 2.05) is 17.9 Å². The minimum atomic E-state index is 0.118. The third-order valence-corrected chi connectivity index (χ3v) is 3.28. The van der Waals surface area contributed by atoms with Crippen LogP contribution < -0.4 is 5.32 Å². The standard InChI is InChI=1S/C13H23N3O2/c1-10(2)16-5-4-11(15-16)8-12(14-3)13-9-17-6-7-18-13/h4-5,10,12-14H,6-9H2,1-3H3. The van der Waals surface area contributed by atoms with Gasteiger partial charge in [0.2, 0.25) is 0 Å². The molecule has 1 N–H and O–H groups in total. The molecule has 1 aliphatic heterocycles. The number of hydrogen-bond acceptors (Lipinski definition) is 4. The smallest absolute Gasteiger partial charge is 0.0965 e. The molecule has 1 aromatic heterocycles. The molecule has 2 heterocycles. The van der Waals surface area contributed by atoms with Crippen LogP contribution in [0.2, 0.25) is 0 Å². The number of likely N-dealkylation sites (N-methyl/N-ethyl adjacent to an activating group) is 1. The third kappa shape index (κ3) is 3.31. The molecule has 0 spiro atoms. The predicted octanol–water partition coefficient (Wildman–Crippen LogP) is 1.01. The lowest BCUT2D eigenvalue weighted by Crippen LogP contribution is -2.46. The highest BCUT2D eigenvalue weighted by atomic mass is 16.6. The number of nitrogens with zero attached hydrogens (tertiary/aromatic N) is 2. The minimum Gasteiger partial charge on any atom is -0.376 e. The second-order valence-electron chi connectivity index (χ2n) is 4.96. The highest BCUT2D eigenvalue weighted by Crippen LogP contribution is 2.12. The first kappa shape index (κ1) is 13.5. The molecule has 2 unspecified atom stereocenters. The molecule has 1 saturated heterocycles. The Labute approximate surface area is 108 Å². The average Bonchev–Trinajstić information content (AvgIpc) is 2.86. The Morgan fingerprint density at radius 1 is 1.50 bits per heavy atom. The molecule has 0 saturated carbocycles. The molecule has 0 aliphatic carbocycles. The summed E-state index contributed by atoms with van der Waals surface area (Å²) < 4.78 is 13.2. The number of hydrogen-bond donors (Lipinski definition) is 1. The molecule has 2 atom stereocenters. The van der Waals surface area contributed by atoms with Crippen LogP contribution >= 0.6 is 0 Å². The summed E-state index contributed by atoms with van der Waals surface area (Å²) >= 11 is 0. The van der Waals surface area contributed by atoms with E-state index in [-0.39, 0.29) is 12.1 Å². The van der Waals surface area contributed by atoms with Crippen molar-refractivity contribution in [3.63, 3.8) is 0 Å². The highest BCUT2D eigenvalue weighted by molar-refractivity contribution is 5.03. The van der Waals surface area contributed by atoms with E-state index in [9.17, 15) is 0 Å². The third-order valence-electron chi connectivity index (χ3n) is 3.28. The van der Waals surface area contributed by atoms with E-state index in [2.05, 4.69) is 30.3 Å². The Balaban J connectivity index is 1.95. The molecule has 2 rings (SSSR count). The number of rotatable bonds is 5. The fourth-order valence-electron chi connectivity index (χ4n) is 2.16. The molecule has 1 aliphatic rings. The SMILES string of the molecule is CNC(Cc1ccn(C(C)C)n1)C1COCCO1. The van der Waals surface area contributed by atoms with E-state index < -0.39 is 0 Å². The monoisotopic (exact) mass is 253 g/mol. The topological polar surface area (TPSA) is 48.3 Å². The van der Waals surface area contributed by atoms with Crippen LogP contribution in [0, 0.1) is 0 Å². The van der Waals surface area contributed by atoms with Crippen molar-refractivity contribution < 1.29 is 9.47 Å². The summed E-state index contributed by atoms with van der Waals surface area (Å²) in [6, 6.07) is 2.73. The molecule has 0 bridgehead atoms. The highest BCUT2D eigenvalue weighted by Gasteiger charge is 2.24. The molecule has 5 heteroatoms. The van der Waals surface area contributed by atoms with Crippen molar-refractivity contribution in [3.05, 3.63) is 18.0 Å². The number of ether oxygens (including phenoxy) is 2. The van der Waals surface area contributed by atoms with Crippen molar-refractivity contribution in [1.82, 2.24) is 15.1 Å². The Hall–Kier alpha value is -0.910. The van der Waals surface area contributed by atoms with Gasteiger partial charge in [0.15, 0.2) is 0 Å². The van der Waals surface area contributed by atoms with E-state index in [0.29, 0.717) is 25.9 Å². The van der Waals surface area contributed by atoms with Gasteiger partial charge in [-0.15, -0.1) is 0 Å². The van der Waals surface area contributed by atoms with Crippen LogP contribution in [0.5, 0.6) is 0 Å². The summed E-state index contributed by atoms with van der Waals surface area (Å²) in [6.07, 6.45) is 3.02. The van der Waals surface area contributed by atoms with Crippen LogP contribution in [-0.2, 0) is 15.9 Å². The van der Waals surface area contributed by atoms with Crippen LogP contribution in [0.3, 0.4) is 0 Å². The van der Waals surface area contributed by atoms with Gasteiger partial charge in [-0.25, -0.2) is 0 Å². The van der Waals surface area contributed by atoms with Gasteiger partial charge < -0.3 is 14.8 Å². The predicted molar refractivity (Wildman–Crippen MR) is 69.7 cm³/mol. The summed E-state index contributed by atoms with van der Waals surface area (Å²) in [5.74, 6) is 0. The molecule has 0 amide bonds. The van der Waals surface area contributed by atoms with Crippen LogP contribution in [0.15, 0.2) is 12.3 Å². The maximum absolute atomic E-state index is 5.74. The normalized spacial score (nSPS) is 22.3. The fraction of sp³-hybridized carbons (Fsp3) is 0.769. The van der Waals surface area contributed by atoms with Crippen LogP contribution in [0.1, 0.15) is 25.6 Å². The lowest BCUT2D eigenvalue weighted by atomic mass is 10.1. The maximum Gasteiger partial charge on any atom is 0.0965 e. The van der Waals surface area contributed by atoms with E-state index in [1.54, 1.807) is 0 Å². The van der Waals surface area contributed by atoms with Crippen LogP contribution in [0.4, 0.5) is 0 Å². The van der Waals surface area contributed by atoms with Gasteiger partial charge in [0.25, 0.3) is 0 Å². The maximum atomic E-state index is 5.74. The zero-order valence-corrected chi connectivity index (χ0v) is 11.4. The second kappa shape index (κ2) is 6.31. The van der Waals surface area contributed by atoms with Gasteiger partial charge in [-0.3, -0.25) is 4.68 Å². The Morgan fingerprint density at radius 3 is 2.89 bits per heavy atom. The van der Waals surface area contributed by atoms with E-state index in [1.165, 1.54) is 0 Å². The van der Waals surface area contributed by atoms with Gasteiger partial charge in [0.05, 0.1) is 31.6 Å². The summed E-state index contributed by atoms with van der Waals surface area (Å²) in [4.78, 5) is 0. The Bertz CT molecular complexity index is 359. The van der Waals surface area contributed by atoms with Crippen LogP contribution in [-0.4, -0.2) is 48.8 Å². The molecule has 5 nitrogen and oxygen atoms in total. The second-order valence-corrected chi connectivity index (χ2v) is 4.96. The van der Waals surface area contributed by atoms with Crippen molar-refractivity contribution >= 4 is 0 Å². The van der Waals surface area contributed by atoms with Crippen molar-refractivity contribution in [3.8, 4) is 0 Å². The first-order valence-electron chi connectivity index (χ1n) is 6.61. The molecule has 0 radical (unpaired) electrons. The number of nitrogens with one attached hydrogen (secondary N) is 1. The quantitative estimate of drug-likeness (QED) is 0.851. The first-order valence-corrected chi connectivity index (χ1v) is 6.61. The fourth-order valence-corrected chi connectivity index (χ4v) is 2.16. The van der Waals surface area contributed by atoms with Crippen molar-refractivity contribution in [2.75, 3.05) is 26.9 Å². The lowest BCUT2D eigenvalue weighted by Gasteiger charge is -2.29. The van der Waals surface area contributed by atoms with Gasteiger partial charge in [-0.1, -0.05) is 0 Å². The van der Waals surface area contributed by atoms with Gasteiger partial charge in [-0.2, -0.15) is 5.10 Å². The van der Waals surface area contributed by atoms with Crippen molar-refractivity contribution in [2.24, 2.45) is 0 Å². The summed E-state index contributed by atoms with van der Waals surface area (Å²) in [5, 5.41) is 7.88. The van der Waals surface area contributed by atoms with E-state index >= 15 is 0 Å². The average molecular weight is 253 g/mol. The van der Waals surface area contributed by atoms with E-state index in [0.717, 1.165) is 12.1 Å². The lowest BCUT2D eigenvalue weighted by molar-refractivity contribution is -0.100. The molecule has 1 fully saturated rings. The van der Waals surface area contributed by atoms with E-state index in [4.69, 9.17) is 9.47 Å². The van der Waals surface area contributed by atoms with Gasteiger partial charge >= 0.3 is 0 Å². The van der Waals surface area contributed by atoms with Crippen LogP contribution in [0.25, 0.3) is 0 Å². The molecule has 0 aromatic carbocycles. The number of aromatic nitrogens is 2. The molecular weight excluding hydrogens is 230 g/mol. The molecule has 102 valence electrons. The van der Waals surface area contributed by atoms with Crippen molar-refractivity contribution in [1.29, 1.82) is 0 Å². The zero-order chi connectivity index (χ0) is 13.0. The Kier molecular flexibility index (Phi) is 4.74. The Morgan fingerprint density at radius 2 is 2.33 bits per heavy atom. The van der Waals surface area contributed by atoms with Crippen molar-refractivity contribution in [2.45, 2.75) is 38.5 Å². The summed E-state index contributed by atoms with van der Waals surface area (Å²) in [5.41, 5.74) is 1.09. The summed E-state index contributed by atoms with van der Waals surface area (Å²) in [7, 11) is 1.96. The summed E-state index contributed by atoms with van der Waals surface area (Å²) in [6.45, 7) is 6.31.